The highest BCUT2D eigenvalue weighted by Gasteiger charge is 2.35. The molecule has 12 heteroatoms. The van der Waals surface area contributed by atoms with Gasteiger partial charge in [0, 0.05) is 16.6 Å². The first-order chi connectivity index (χ1) is 16.1. The first-order valence-electron chi connectivity index (χ1n) is 10.7. The van der Waals surface area contributed by atoms with Crippen molar-refractivity contribution in [2.45, 2.75) is 62.6 Å². The fourth-order valence-electron chi connectivity index (χ4n) is 3.37. The molecule has 34 heavy (non-hydrogen) atoms. The third-order valence-electron chi connectivity index (χ3n) is 5.11. The fraction of sp³-hybridized carbons (Fsp3) is 0.500. The maximum Gasteiger partial charge on any atom is 0.408 e. The highest BCUT2D eigenvalue weighted by atomic mass is 32.2. The molecule has 1 saturated carbocycles. The van der Waals surface area contributed by atoms with E-state index in [1.54, 1.807) is 20.8 Å². The summed E-state index contributed by atoms with van der Waals surface area (Å²) in [5.41, 5.74) is -0.680. The second-order valence-corrected chi connectivity index (χ2v) is 11.2. The van der Waals surface area contributed by atoms with Gasteiger partial charge in [-0.15, -0.1) is 22.0 Å². The van der Waals surface area contributed by atoms with Gasteiger partial charge in [-0.3, -0.25) is 4.79 Å². The molecule has 2 aliphatic rings. The third-order valence-corrected chi connectivity index (χ3v) is 7.32. The summed E-state index contributed by atoms with van der Waals surface area (Å²) < 4.78 is 24.7. The predicted octanol–water partition coefficient (Wildman–Crippen LogP) is 3.87. The topological polar surface area (TPSA) is 111 Å². The van der Waals surface area contributed by atoms with E-state index in [0.717, 1.165) is 25.0 Å². The van der Waals surface area contributed by atoms with Crippen molar-refractivity contribution in [2.75, 3.05) is 17.8 Å². The van der Waals surface area contributed by atoms with E-state index >= 15 is 0 Å². The van der Waals surface area contributed by atoms with Gasteiger partial charge >= 0.3 is 12.1 Å². The van der Waals surface area contributed by atoms with Gasteiger partial charge in [0.1, 0.15) is 27.5 Å². The zero-order valence-corrected chi connectivity index (χ0v) is 20.8. The van der Waals surface area contributed by atoms with Crippen LogP contribution >= 0.6 is 23.1 Å². The molecule has 1 atom stereocenters. The molecule has 182 valence electrons. The number of carbonyl (C=O) groups excluding carboxylic acids is 3. The average Bonchev–Trinajstić information content (AvgIpc) is 3.52. The maximum absolute atomic E-state index is 14.7. The summed E-state index contributed by atoms with van der Waals surface area (Å²) >= 11 is 2.62. The highest BCUT2D eigenvalue weighted by Crippen LogP contribution is 2.42. The van der Waals surface area contributed by atoms with E-state index in [1.807, 2.05) is 0 Å². The number of halogens is 1. The number of anilines is 1. The number of benzene rings is 1. The normalized spacial score (nSPS) is 18.2. The van der Waals surface area contributed by atoms with Crippen molar-refractivity contribution in [1.29, 1.82) is 0 Å². The first kappa shape index (κ1) is 24.4. The summed E-state index contributed by atoms with van der Waals surface area (Å²) in [6.45, 7) is 5.24. The molecule has 0 spiro atoms. The van der Waals surface area contributed by atoms with Crippen LogP contribution in [0.4, 0.5) is 14.9 Å². The summed E-state index contributed by atoms with van der Waals surface area (Å²) in [5.74, 6) is -1.46. The van der Waals surface area contributed by atoms with Crippen molar-refractivity contribution in [3.63, 3.8) is 0 Å². The van der Waals surface area contributed by atoms with Gasteiger partial charge < -0.3 is 19.7 Å². The summed E-state index contributed by atoms with van der Waals surface area (Å²) in [6, 6.07) is 1.57. The largest absolute Gasteiger partial charge is 0.465 e. The SMILES string of the molecule is COC(=O)c1cc2c(cc1F)SC[C@H](NC(=O)OC(C)(C)C)C(=O)N2Cc1nnc(C2CC2)s1. The lowest BCUT2D eigenvalue weighted by atomic mass is 10.1. The number of amides is 2. The van der Waals surface area contributed by atoms with Gasteiger partial charge in [-0.05, 0) is 45.7 Å². The predicted molar refractivity (Wildman–Crippen MR) is 125 cm³/mol. The minimum atomic E-state index is -0.937. The highest BCUT2D eigenvalue weighted by molar-refractivity contribution is 7.99. The Balaban J connectivity index is 1.68. The van der Waals surface area contributed by atoms with Crippen LogP contribution in [0.3, 0.4) is 0 Å². The molecule has 1 aliphatic carbocycles. The Kier molecular flexibility index (Phi) is 6.81. The van der Waals surface area contributed by atoms with Crippen LogP contribution in [0.25, 0.3) is 0 Å². The quantitative estimate of drug-likeness (QED) is 0.606. The number of nitrogens with zero attached hydrogens (tertiary/aromatic N) is 3. The molecule has 4 rings (SSSR count). The first-order valence-corrected chi connectivity index (χ1v) is 12.5. The van der Waals surface area contributed by atoms with E-state index in [0.29, 0.717) is 21.5 Å². The van der Waals surface area contributed by atoms with Crippen LogP contribution in [0.1, 0.15) is 59.9 Å². The number of methoxy groups -OCH3 is 1. The third kappa shape index (κ3) is 5.49. The number of thioether (sulfide) groups is 1. The lowest BCUT2D eigenvalue weighted by Crippen LogP contribution is -2.50. The van der Waals surface area contributed by atoms with Crippen LogP contribution in [0.15, 0.2) is 17.0 Å². The van der Waals surface area contributed by atoms with E-state index in [2.05, 4.69) is 15.5 Å². The van der Waals surface area contributed by atoms with Crippen molar-refractivity contribution < 1.29 is 28.2 Å². The van der Waals surface area contributed by atoms with E-state index in [-0.39, 0.29) is 17.9 Å². The summed E-state index contributed by atoms with van der Waals surface area (Å²) in [4.78, 5) is 40.0. The zero-order valence-electron chi connectivity index (χ0n) is 19.2. The smallest absolute Gasteiger partial charge is 0.408 e. The molecule has 2 aromatic rings. The van der Waals surface area contributed by atoms with Gasteiger partial charge in [-0.1, -0.05) is 11.3 Å². The monoisotopic (exact) mass is 508 g/mol. The minimum Gasteiger partial charge on any atom is -0.465 e. The molecular weight excluding hydrogens is 483 g/mol. The molecule has 0 unspecified atom stereocenters. The number of rotatable bonds is 5. The second kappa shape index (κ2) is 9.49. The Bertz CT molecular complexity index is 1130. The molecule has 0 bridgehead atoms. The molecule has 2 heterocycles. The number of fused-ring (bicyclic) bond motifs is 1. The van der Waals surface area contributed by atoms with Crippen LogP contribution in [-0.2, 0) is 20.8 Å². The van der Waals surface area contributed by atoms with Crippen molar-refractivity contribution >= 4 is 46.8 Å². The van der Waals surface area contributed by atoms with Crippen LogP contribution < -0.4 is 10.2 Å². The van der Waals surface area contributed by atoms with Gasteiger partial charge in [0.2, 0.25) is 0 Å². The van der Waals surface area contributed by atoms with Crippen LogP contribution in [0.2, 0.25) is 0 Å². The summed E-state index contributed by atoms with van der Waals surface area (Å²) in [5, 5.41) is 12.6. The Morgan fingerprint density at radius 1 is 1.26 bits per heavy atom. The Morgan fingerprint density at radius 2 is 2.00 bits per heavy atom. The Labute approximate surface area is 204 Å². The van der Waals surface area contributed by atoms with Gasteiger partial charge in [0.05, 0.1) is 24.9 Å². The van der Waals surface area contributed by atoms with E-state index in [9.17, 15) is 18.8 Å². The molecule has 1 N–H and O–H groups in total. The van der Waals surface area contributed by atoms with Crippen LogP contribution in [0, 0.1) is 5.82 Å². The number of hydrogen-bond acceptors (Lipinski definition) is 9. The fourth-order valence-corrected chi connectivity index (χ4v) is 5.44. The van der Waals surface area contributed by atoms with E-state index < -0.39 is 35.4 Å². The lowest BCUT2D eigenvalue weighted by molar-refractivity contribution is -0.120. The number of esters is 1. The van der Waals surface area contributed by atoms with E-state index in [1.165, 1.54) is 40.1 Å². The molecular formula is C22H25FN4O5S2. The van der Waals surface area contributed by atoms with Crippen LogP contribution in [0.5, 0.6) is 0 Å². The molecule has 0 radical (unpaired) electrons. The van der Waals surface area contributed by atoms with Crippen molar-refractivity contribution in [3.05, 3.63) is 33.5 Å². The van der Waals surface area contributed by atoms with Gasteiger partial charge in [0.15, 0.2) is 0 Å². The average molecular weight is 509 g/mol. The molecule has 1 fully saturated rings. The number of aromatic nitrogens is 2. The maximum atomic E-state index is 14.7. The molecule has 1 aromatic heterocycles. The number of carbonyl (C=O) groups is 3. The molecule has 1 aromatic carbocycles. The van der Waals surface area contributed by atoms with Gasteiger partial charge in [-0.2, -0.15) is 0 Å². The van der Waals surface area contributed by atoms with Crippen molar-refractivity contribution in [3.8, 4) is 0 Å². The Hall–Kier alpha value is -2.73. The van der Waals surface area contributed by atoms with Gasteiger partial charge in [0.25, 0.3) is 5.91 Å². The summed E-state index contributed by atoms with van der Waals surface area (Å²) in [7, 11) is 1.16. The van der Waals surface area contributed by atoms with Crippen LogP contribution in [-0.4, -0.2) is 52.7 Å². The standard InChI is InChI=1S/C22H25FN4O5S2/c1-22(2,3)32-21(30)24-14-10-33-16-8-13(23)12(20(29)31-4)7-15(16)27(19(14)28)9-17-25-26-18(34-17)11-5-6-11/h7-8,11,14H,5-6,9-10H2,1-4H3,(H,24,30)/t14-/m0/s1. The Morgan fingerprint density at radius 3 is 2.65 bits per heavy atom. The number of hydrogen-bond donors (Lipinski definition) is 1. The minimum absolute atomic E-state index is 0.0650. The molecule has 2 amide bonds. The lowest BCUT2D eigenvalue weighted by Gasteiger charge is -2.26. The van der Waals surface area contributed by atoms with Gasteiger partial charge in [-0.25, -0.2) is 14.0 Å². The number of nitrogens with one attached hydrogen (secondary N) is 1. The number of alkyl carbamates (subject to hydrolysis) is 1. The van der Waals surface area contributed by atoms with E-state index in [4.69, 9.17) is 9.47 Å². The number of ether oxygens (including phenoxy) is 2. The second-order valence-electron chi connectivity index (χ2n) is 9.03. The molecule has 9 nitrogen and oxygen atoms in total. The molecule has 0 saturated heterocycles. The zero-order chi connectivity index (χ0) is 24.6. The summed E-state index contributed by atoms with van der Waals surface area (Å²) in [6.07, 6.45) is 1.41. The molecule has 1 aliphatic heterocycles. The van der Waals surface area contributed by atoms with Crippen molar-refractivity contribution in [1.82, 2.24) is 15.5 Å². The van der Waals surface area contributed by atoms with Crippen molar-refractivity contribution in [2.24, 2.45) is 0 Å².